The topological polar surface area (TPSA) is 204 Å². The van der Waals surface area contributed by atoms with Gasteiger partial charge in [-0.3, -0.25) is 36.0 Å². The standard InChI is InChI=1S/C34H57N7O8/c1-32(2,3)47-29(43)39-27(37-22-15-23-46-25-19-17-24(35)18-20-25)38-26(42)16-13-11-10-12-14-21-36-28(40-30(44)48-33(4,5)6)41-31(45)49-34(7,8)9/h17-20H,10-16,21-23,35H2,1-9H3,(H2,36,40,41,44,45)(H2,37,38,39,42,43). The van der Waals surface area contributed by atoms with E-state index in [-0.39, 0.29) is 24.2 Å². The molecule has 0 aliphatic heterocycles. The highest BCUT2D eigenvalue weighted by molar-refractivity contribution is 6.03. The molecule has 0 atom stereocenters. The van der Waals surface area contributed by atoms with Gasteiger partial charge < -0.3 is 24.7 Å². The SMILES string of the molecule is CC(C)(C)OC(=O)NC(=NCCCOc1ccc(N)cc1)NC(=O)CCCCCCCN=C(NC(=O)OC(C)(C)C)NC(=O)OC(C)(C)C. The zero-order valence-corrected chi connectivity index (χ0v) is 30.6. The summed E-state index contributed by atoms with van der Waals surface area (Å²) in [6.07, 6.45) is 2.28. The molecule has 0 bridgehead atoms. The Morgan fingerprint density at radius 3 is 1.47 bits per heavy atom. The number of rotatable bonds is 13. The number of aliphatic imine (C=N–C) groups is 2. The summed E-state index contributed by atoms with van der Waals surface area (Å²) < 4.78 is 21.5. The molecular formula is C34H57N7O8. The number of guanidine groups is 2. The number of alkyl carbamates (subject to hydrolysis) is 3. The number of nitrogens with zero attached hydrogens (tertiary/aromatic N) is 2. The van der Waals surface area contributed by atoms with Crippen LogP contribution in [0, 0.1) is 0 Å². The number of unbranched alkanes of at least 4 members (excludes halogenated alkanes) is 4. The summed E-state index contributed by atoms with van der Waals surface area (Å²) in [6, 6.07) is 7.05. The Morgan fingerprint density at radius 2 is 1.00 bits per heavy atom. The predicted octanol–water partition coefficient (Wildman–Crippen LogP) is 5.78. The van der Waals surface area contributed by atoms with E-state index >= 15 is 0 Å². The number of nitrogen functional groups attached to an aromatic ring is 1. The molecule has 0 saturated carbocycles. The molecule has 15 nitrogen and oxygen atoms in total. The molecule has 0 aliphatic carbocycles. The van der Waals surface area contributed by atoms with Crippen molar-refractivity contribution in [3.05, 3.63) is 24.3 Å². The Morgan fingerprint density at radius 1 is 0.592 bits per heavy atom. The first-order valence-corrected chi connectivity index (χ1v) is 16.6. The van der Waals surface area contributed by atoms with E-state index < -0.39 is 35.1 Å². The number of nitrogens with two attached hydrogens (primary N) is 1. The van der Waals surface area contributed by atoms with E-state index in [0.717, 1.165) is 19.3 Å². The van der Waals surface area contributed by atoms with Crippen LogP contribution in [0.25, 0.3) is 0 Å². The highest BCUT2D eigenvalue weighted by atomic mass is 16.6. The molecule has 15 heteroatoms. The second-order valence-corrected chi connectivity index (χ2v) is 14.2. The summed E-state index contributed by atoms with van der Waals surface area (Å²) in [6.45, 7) is 16.6. The van der Waals surface area contributed by atoms with Crippen molar-refractivity contribution < 1.29 is 38.1 Å². The molecule has 1 rings (SSSR count). The molecule has 0 fully saturated rings. The van der Waals surface area contributed by atoms with Crippen LogP contribution in [-0.2, 0) is 19.0 Å². The van der Waals surface area contributed by atoms with Gasteiger partial charge in [-0.25, -0.2) is 14.4 Å². The van der Waals surface area contributed by atoms with Crippen molar-refractivity contribution in [2.45, 2.75) is 124 Å². The summed E-state index contributed by atoms with van der Waals surface area (Å²) in [5.41, 5.74) is 4.16. The average molecular weight is 692 g/mol. The van der Waals surface area contributed by atoms with E-state index in [2.05, 4.69) is 31.3 Å². The van der Waals surface area contributed by atoms with Gasteiger partial charge in [0.15, 0.2) is 0 Å². The van der Waals surface area contributed by atoms with Gasteiger partial charge in [0.05, 0.1) is 6.61 Å². The van der Waals surface area contributed by atoms with Gasteiger partial charge in [0.2, 0.25) is 17.8 Å². The normalized spacial score (nSPS) is 11.9. The van der Waals surface area contributed by atoms with Crippen LogP contribution in [0.5, 0.6) is 5.75 Å². The molecule has 0 heterocycles. The number of hydrogen-bond acceptors (Lipinski definition) is 11. The van der Waals surface area contributed by atoms with E-state index in [1.165, 1.54) is 0 Å². The second kappa shape index (κ2) is 20.7. The number of hydrogen-bond donors (Lipinski definition) is 5. The molecule has 1 aromatic rings. The van der Waals surface area contributed by atoms with Gasteiger partial charge in [0.1, 0.15) is 22.6 Å². The number of benzene rings is 1. The molecule has 0 saturated heterocycles. The summed E-state index contributed by atoms with van der Waals surface area (Å²) in [4.78, 5) is 58.1. The monoisotopic (exact) mass is 691 g/mol. The van der Waals surface area contributed by atoms with Gasteiger partial charge in [0, 0.05) is 31.6 Å². The molecule has 276 valence electrons. The summed E-state index contributed by atoms with van der Waals surface area (Å²) in [7, 11) is 0. The minimum Gasteiger partial charge on any atom is -0.494 e. The maximum atomic E-state index is 12.7. The maximum absolute atomic E-state index is 12.7. The zero-order valence-electron chi connectivity index (χ0n) is 30.6. The quantitative estimate of drug-likeness (QED) is 0.0558. The van der Waals surface area contributed by atoms with Crippen LogP contribution in [0.1, 0.15) is 107 Å². The smallest absolute Gasteiger partial charge is 0.414 e. The van der Waals surface area contributed by atoms with Crippen LogP contribution in [0.2, 0.25) is 0 Å². The second-order valence-electron chi connectivity index (χ2n) is 14.2. The first-order chi connectivity index (χ1) is 22.7. The van der Waals surface area contributed by atoms with Crippen molar-refractivity contribution in [1.82, 2.24) is 21.3 Å². The Kier molecular flexibility index (Phi) is 18.0. The lowest BCUT2D eigenvalue weighted by atomic mass is 10.1. The Labute approximate surface area is 290 Å². The zero-order chi connectivity index (χ0) is 37.1. The number of amides is 4. The summed E-state index contributed by atoms with van der Waals surface area (Å²) in [5, 5.41) is 10.1. The summed E-state index contributed by atoms with van der Waals surface area (Å²) >= 11 is 0. The highest BCUT2D eigenvalue weighted by Crippen LogP contribution is 2.13. The van der Waals surface area contributed by atoms with Crippen LogP contribution < -0.4 is 31.7 Å². The minimum atomic E-state index is -0.751. The first-order valence-electron chi connectivity index (χ1n) is 16.6. The van der Waals surface area contributed by atoms with E-state index in [1.807, 2.05) is 0 Å². The first kappa shape index (κ1) is 42.5. The van der Waals surface area contributed by atoms with Crippen molar-refractivity contribution in [3.8, 4) is 5.75 Å². The third-order valence-electron chi connectivity index (χ3n) is 5.67. The van der Waals surface area contributed by atoms with Crippen LogP contribution in [0.3, 0.4) is 0 Å². The number of carbonyl (C=O) groups excluding carboxylic acids is 4. The van der Waals surface area contributed by atoms with Crippen molar-refractivity contribution >= 4 is 41.8 Å². The number of ether oxygens (including phenoxy) is 4. The lowest BCUT2D eigenvalue weighted by molar-refractivity contribution is -0.119. The molecule has 1 aromatic carbocycles. The summed E-state index contributed by atoms with van der Waals surface area (Å²) in [5.74, 6) is 0.345. The maximum Gasteiger partial charge on any atom is 0.414 e. The van der Waals surface area contributed by atoms with E-state index in [0.29, 0.717) is 50.4 Å². The van der Waals surface area contributed by atoms with Gasteiger partial charge in [-0.15, -0.1) is 0 Å². The van der Waals surface area contributed by atoms with Crippen molar-refractivity contribution in [3.63, 3.8) is 0 Å². The lowest BCUT2D eigenvalue weighted by Gasteiger charge is -2.22. The molecule has 0 radical (unpaired) electrons. The Bertz CT molecular complexity index is 1230. The van der Waals surface area contributed by atoms with Crippen LogP contribution in [-0.4, -0.2) is 72.6 Å². The van der Waals surface area contributed by atoms with E-state index in [4.69, 9.17) is 24.7 Å². The highest BCUT2D eigenvalue weighted by Gasteiger charge is 2.21. The molecule has 49 heavy (non-hydrogen) atoms. The van der Waals surface area contributed by atoms with Gasteiger partial charge in [-0.1, -0.05) is 19.3 Å². The fraction of sp³-hybridized carbons (Fsp3) is 0.647. The van der Waals surface area contributed by atoms with Crippen LogP contribution in [0.15, 0.2) is 34.3 Å². The van der Waals surface area contributed by atoms with Crippen LogP contribution >= 0.6 is 0 Å². The van der Waals surface area contributed by atoms with E-state index in [9.17, 15) is 19.2 Å². The molecule has 0 unspecified atom stereocenters. The third-order valence-corrected chi connectivity index (χ3v) is 5.67. The minimum absolute atomic E-state index is 0.0142. The fourth-order valence-corrected chi connectivity index (χ4v) is 3.74. The van der Waals surface area contributed by atoms with Gasteiger partial charge in [-0.05, 0) is 99.4 Å². The van der Waals surface area contributed by atoms with Crippen molar-refractivity contribution in [2.75, 3.05) is 25.4 Å². The fourth-order valence-electron chi connectivity index (χ4n) is 3.74. The van der Waals surface area contributed by atoms with Gasteiger partial charge in [0.25, 0.3) is 0 Å². The van der Waals surface area contributed by atoms with Crippen molar-refractivity contribution in [2.24, 2.45) is 9.98 Å². The average Bonchev–Trinajstić information content (AvgIpc) is 2.91. The van der Waals surface area contributed by atoms with Crippen molar-refractivity contribution in [1.29, 1.82) is 0 Å². The van der Waals surface area contributed by atoms with Crippen LogP contribution in [0.4, 0.5) is 20.1 Å². The Hall–Kier alpha value is -4.56. The Balaban J connectivity index is 2.54. The predicted molar refractivity (Wildman–Crippen MR) is 190 cm³/mol. The molecule has 6 N–H and O–H groups in total. The lowest BCUT2D eigenvalue weighted by Crippen LogP contribution is -2.47. The van der Waals surface area contributed by atoms with Gasteiger partial charge >= 0.3 is 18.3 Å². The largest absolute Gasteiger partial charge is 0.494 e. The molecule has 0 aromatic heterocycles. The van der Waals surface area contributed by atoms with Gasteiger partial charge in [-0.2, -0.15) is 0 Å². The molecule has 0 aliphatic rings. The third kappa shape index (κ3) is 24.3. The number of nitrogens with one attached hydrogen (secondary N) is 4. The van der Waals surface area contributed by atoms with E-state index in [1.54, 1.807) is 86.6 Å². The number of anilines is 1. The number of carbonyl (C=O) groups is 4. The molecular weight excluding hydrogens is 634 g/mol. The molecule has 0 spiro atoms. The molecule has 4 amide bonds.